The molecule has 0 aromatic carbocycles. The average molecular weight is 328 g/mol. The van der Waals surface area contributed by atoms with Gasteiger partial charge >= 0.3 is 0 Å². The molecule has 3 atom stereocenters. The monoisotopic (exact) mass is 327 g/mol. The van der Waals surface area contributed by atoms with E-state index in [1.165, 1.54) is 25.0 Å². The molecular formula is C15H26BrN3. The first-order valence-electron chi connectivity index (χ1n) is 7.52. The minimum absolute atomic E-state index is 0.402. The average Bonchev–Trinajstić information content (AvgIpc) is 2.93. The molecule has 0 spiro atoms. The van der Waals surface area contributed by atoms with Crippen molar-refractivity contribution < 1.29 is 0 Å². The molecule has 1 heterocycles. The molecule has 2 rings (SSSR count). The van der Waals surface area contributed by atoms with Gasteiger partial charge in [0.15, 0.2) is 0 Å². The van der Waals surface area contributed by atoms with E-state index in [0.29, 0.717) is 12.1 Å². The summed E-state index contributed by atoms with van der Waals surface area (Å²) in [5.74, 6) is 1.52. The van der Waals surface area contributed by atoms with Crippen molar-refractivity contribution in [2.75, 3.05) is 6.54 Å². The first-order valence-corrected chi connectivity index (χ1v) is 8.31. The molecule has 1 aromatic rings. The number of nitrogens with one attached hydrogen (secondary N) is 1. The second-order valence-corrected chi connectivity index (χ2v) is 6.88. The van der Waals surface area contributed by atoms with Crippen molar-refractivity contribution in [3.63, 3.8) is 0 Å². The van der Waals surface area contributed by atoms with Crippen LogP contribution in [0.5, 0.6) is 0 Å². The SMILES string of the molecule is CCNC(c1c(Br)cnn1C(C)C)C1CCCC1C. The first kappa shape index (κ1) is 15.0. The summed E-state index contributed by atoms with van der Waals surface area (Å²) in [6.45, 7) is 9.99. The van der Waals surface area contributed by atoms with E-state index in [4.69, 9.17) is 0 Å². The Bertz CT molecular complexity index is 414. The largest absolute Gasteiger partial charge is 0.309 e. The maximum atomic E-state index is 4.54. The van der Waals surface area contributed by atoms with Gasteiger partial charge in [-0.05, 0) is 54.6 Å². The Hall–Kier alpha value is -0.350. The van der Waals surface area contributed by atoms with Gasteiger partial charge in [0, 0.05) is 6.04 Å². The molecule has 3 nitrogen and oxygen atoms in total. The number of nitrogens with zero attached hydrogens (tertiary/aromatic N) is 2. The summed E-state index contributed by atoms with van der Waals surface area (Å²) in [5.41, 5.74) is 1.33. The number of hydrogen-bond donors (Lipinski definition) is 1. The maximum Gasteiger partial charge on any atom is 0.0701 e. The standard InChI is InChI=1S/C15H26BrN3/c1-5-17-14(12-8-6-7-11(12)4)15-13(16)9-18-19(15)10(2)3/h9-12,14,17H,5-8H2,1-4H3. The van der Waals surface area contributed by atoms with Gasteiger partial charge in [0.25, 0.3) is 0 Å². The molecule has 19 heavy (non-hydrogen) atoms. The molecule has 4 heteroatoms. The lowest BCUT2D eigenvalue weighted by Gasteiger charge is -2.29. The van der Waals surface area contributed by atoms with Crippen molar-refractivity contribution >= 4 is 15.9 Å². The van der Waals surface area contributed by atoms with Gasteiger partial charge in [0.2, 0.25) is 0 Å². The molecular weight excluding hydrogens is 302 g/mol. The Labute approximate surface area is 125 Å². The fourth-order valence-corrected chi connectivity index (χ4v) is 3.91. The highest BCUT2D eigenvalue weighted by Crippen LogP contribution is 2.42. The van der Waals surface area contributed by atoms with E-state index in [-0.39, 0.29) is 0 Å². The van der Waals surface area contributed by atoms with Gasteiger partial charge in [-0.3, -0.25) is 4.68 Å². The molecule has 1 saturated carbocycles. The molecule has 0 bridgehead atoms. The zero-order chi connectivity index (χ0) is 14.0. The predicted molar refractivity (Wildman–Crippen MR) is 83.2 cm³/mol. The molecule has 1 aromatic heterocycles. The van der Waals surface area contributed by atoms with Gasteiger partial charge < -0.3 is 5.32 Å². The summed E-state index contributed by atoms with van der Waals surface area (Å²) in [7, 11) is 0. The van der Waals surface area contributed by atoms with Crippen LogP contribution >= 0.6 is 15.9 Å². The summed E-state index contributed by atoms with van der Waals surface area (Å²) >= 11 is 3.70. The number of aromatic nitrogens is 2. The number of halogens is 1. The van der Waals surface area contributed by atoms with Gasteiger partial charge in [0.05, 0.1) is 22.4 Å². The molecule has 1 aliphatic rings. The molecule has 0 radical (unpaired) electrons. The maximum absolute atomic E-state index is 4.54. The van der Waals surface area contributed by atoms with Crippen LogP contribution in [0.25, 0.3) is 0 Å². The summed E-state index contributed by atoms with van der Waals surface area (Å²) in [6, 6.07) is 0.820. The third-order valence-corrected chi connectivity index (χ3v) is 4.96. The molecule has 1 aliphatic carbocycles. The van der Waals surface area contributed by atoms with Crippen LogP contribution in [0.4, 0.5) is 0 Å². The van der Waals surface area contributed by atoms with Crippen molar-refractivity contribution in [2.45, 2.75) is 59.0 Å². The fraction of sp³-hybridized carbons (Fsp3) is 0.800. The molecule has 1 fully saturated rings. The van der Waals surface area contributed by atoms with Crippen molar-refractivity contribution in [1.82, 2.24) is 15.1 Å². The highest BCUT2D eigenvalue weighted by molar-refractivity contribution is 9.10. The van der Waals surface area contributed by atoms with Gasteiger partial charge in [0.1, 0.15) is 0 Å². The Balaban J connectivity index is 2.35. The second-order valence-electron chi connectivity index (χ2n) is 6.02. The molecule has 108 valence electrons. The van der Waals surface area contributed by atoms with Crippen LogP contribution in [0.3, 0.4) is 0 Å². The summed E-state index contributed by atoms with van der Waals surface area (Å²) in [6.07, 6.45) is 6.00. The van der Waals surface area contributed by atoms with Gasteiger partial charge in [-0.1, -0.05) is 26.7 Å². The third-order valence-electron chi connectivity index (χ3n) is 4.35. The van der Waals surface area contributed by atoms with Crippen LogP contribution in [-0.2, 0) is 0 Å². The van der Waals surface area contributed by atoms with Gasteiger partial charge in [-0.15, -0.1) is 0 Å². The predicted octanol–water partition coefficient (Wildman–Crippen LogP) is 4.31. The molecule has 0 saturated heterocycles. The Morgan fingerprint density at radius 1 is 1.47 bits per heavy atom. The first-order chi connectivity index (χ1) is 9.06. The van der Waals surface area contributed by atoms with Crippen LogP contribution in [0.15, 0.2) is 10.7 Å². The Morgan fingerprint density at radius 2 is 2.21 bits per heavy atom. The zero-order valence-corrected chi connectivity index (χ0v) is 14.1. The van der Waals surface area contributed by atoms with Crippen LogP contribution < -0.4 is 5.32 Å². The lowest BCUT2D eigenvalue weighted by atomic mass is 9.88. The van der Waals surface area contributed by atoms with Gasteiger partial charge in [-0.2, -0.15) is 5.10 Å². The van der Waals surface area contributed by atoms with Crippen LogP contribution in [0.1, 0.15) is 64.7 Å². The molecule has 0 amide bonds. The van der Waals surface area contributed by atoms with Crippen molar-refractivity contribution in [3.8, 4) is 0 Å². The quantitative estimate of drug-likeness (QED) is 0.873. The molecule has 3 unspecified atom stereocenters. The Kier molecular flexibility index (Phi) is 5.07. The lowest BCUT2D eigenvalue weighted by Crippen LogP contribution is -2.32. The third kappa shape index (κ3) is 3.05. The minimum atomic E-state index is 0.402. The van der Waals surface area contributed by atoms with Crippen LogP contribution in [0, 0.1) is 11.8 Å². The van der Waals surface area contributed by atoms with E-state index >= 15 is 0 Å². The minimum Gasteiger partial charge on any atom is -0.309 e. The van der Waals surface area contributed by atoms with Crippen molar-refractivity contribution in [3.05, 3.63) is 16.4 Å². The van der Waals surface area contributed by atoms with E-state index in [0.717, 1.165) is 22.9 Å². The highest BCUT2D eigenvalue weighted by Gasteiger charge is 2.34. The van der Waals surface area contributed by atoms with E-state index in [9.17, 15) is 0 Å². The van der Waals surface area contributed by atoms with Crippen LogP contribution in [-0.4, -0.2) is 16.3 Å². The van der Waals surface area contributed by atoms with Crippen molar-refractivity contribution in [2.24, 2.45) is 11.8 Å². The van der Waals surface area contributed by atoms with E-state index in [1.54, 1.807) is 0 Å². The summed E-state index contributed by atoms with van der Waals surface area (Å²) in [5, 5.41) is 8.25. The topological polar surface area (TPSA) is 29.9 Å². The normalized spacial score (nSPS) is 25.2. The van der Waals surface area contributed by atoms with E-state index in [1.807, 2.05) is 6.20 Å². The fourth-order valence-electron chi connectivity index (χ4n) is 3.39. The van der Waals surface area contributed by atoms with Crippen molar-refractivity contribution in [1.29, 1.82) is 0 Å². The second kappa shape index (κ2) is 6.40. The summed E-state index contributed by atoms with van der Waals surface area (Å²) in [4.78, 5) is 0. The Morgan fingerprint density at radius 3 is 2.74 bits per heavy atom. The lowest BCUT2D eigenvalue weighted by molar-refractivity contribution is 0.286. The molecule has 0 aliphatic heterocycles. The number of hydrogen-bond acceptors (Lipinski definition) is 2. The highest BCUT2D eigenvalue weighted by atomic mass is 79.9. The van der Waals surface area contributed by atoms with E-state index in [2.05, 4.69) is 58.7 Å². The zero-order valence-electron chi connectivity index (χ0n) is 12.5. The van der Waals surface area contributed by atoms with E-state index < -0.39 is 0 Å². The summed E-state index contributed by atoms with van der Waals surface area (Å²) < 4.78 is 3.31. The van der Waals surface area contributed by atoms with Gasteiger partial charge in [-0.25, -0.2) is 0 Å². The molecule has 1 N–H and O–H groups in total. The van der Waals surface area contributed by atoms with Crippen LogP contribution in [0.2, 0.25) is 0 Å². The number of rotatable bonds is 5. The smallest absolute Gasteiger partial charge is 0.0701 e.